The molecule has 0 spiro atoms. The summed E-state index contributed by atoms with van der Waals surface area (Å²) in [6, 6.07) is 0.216. The number of carbonyl (C=O) groups excluding carboxylic acids is 1. The molecule has 0 saturated carbocycles. The Morgan fingerprint density at radius 3 is 2.53 bits per heavy atom. The second-order valence-electron chi connectivity index (χ2n) is 5.69. The van der Waals surface area contributed by atoms with Gasteiger partial charge in [0, 0.05) is 17.5 Å². The predicted octanol–water partition coefficient (Wildman–Crippen LogP) is 3.14. The molecule has 0 aliphatic heterocycles. The van der Waals surface area contributed by atoms with Gasteiger partial charge in [-0.3, -0.25) is 4.79 Å². The number of nitrogens with one attached hydrogen (secondary N) is 1. The van der Waals surface area contributed by atoms with Gasteiger partial charge in [0.05, 0.1) is 17.1 Å². The number of nitrogens with zero attached hydrogens (tertiary/aromatic N) is 1. The van der Waals surface area contributed by atoms with Crippen LogP contribution in [0.25, 0.3) is 0 Å². The van der Waals surface area contributed by atoms with Gasteiger partial charge in [-0.25, -0.2) is 4.98 Å². The molecule has 0 aliphatic rings. The van der Waals surface area contributed by atoms with E-state index in [0.29, 0.717) is 13.0 Å². The van der Waals surface area contributed by atoms with Crippen molar-refractivity contribution < 1.29 is 9.53 Å². The molecule has 1 unspecified atom stereocenters. The number of aryl methyl sites for hydroxylation is 2. The van der Waals surface area contributed by atoms with Gasteiger partial charge in [-0.15, -0.1) is 11.3 Å². The summed E-state index contributed by atoms with van der Waals surface area (Å²) in [6.45, 7) is 12.4. The van der Waals surface area contributed by atoms with Crippen molar-refractivity contribution in [2.45, 2.75) is 59.6 Å². The Morgan fingerprint density at radius 1 is 1.42 bits per heavy atom. The van der Waals surface area contributed by atoms with Gasteiger partial charge in [-0.1, -0.05) is 0 Å². The lowest BCUT2D eigenvalue weighted by molar-refractivity contribution is -0.154. The third kappa shape index (κ3) is 5.70. The molecule has 4 nitrogen and oxygen atoms in total. The van der Waals surface area contributed by atoms with Crippen LogP contribution >= 0.6 is 11.3 Å². The fraction of sp³-hybridized carbons (Fsp3) is 0.714. The van der Waals surface area contributed by atoms with Crippen molar-refractivity contribution >= 4 is 17.3 Å². The molecule has 1 aromatic heterocycles. The third-order valence-electron chi connectivity index (χ3n) is 2.53. The number of carbonyl (C=O) groups is 1. The van der Waals surface area contributed by atoms with Gasteiger partial charge in [0.25, 0.3) is 0 Å². The quantitative estimate of drug-likeness (QED) is 0.844. The predicted molar refractivity (Wildman–Crippen MR) is 78.5 cm³/mol. The Balaban J connectivity index is 2.37. The zero-order chi connectivity index (χ0) is 14.6. The number of thiazole rings is 1. The number of ether oxygens (including phenoxy) is 1. The van der Waals surface area contributed by atoms with Crippen LogP contribution in [0.15, 0.2) is 0 Å². The van der Waals surface area contributed by atoms with Crippen LogP contribution in [-0.2, 0) is 9.53 Å². The molecule has 0 aliphatic carbocycles. The van der Waals surface area contributed by atoms with E-state index in [0.717, 1.165) is 10.7 Å². The molecule has 1 N–H and O–H groups in total. The van der Waals surface area contributed by atoms with E-state index in [4.69, 9.17) is 4.74 Å². The van der Waals surface area contributed by atoms with Gasteiger partial charge in [0.15, 0.2) is 0 Å². The molecule has 108 valence electrons. The van der Waals surface area contributed by atoms with Crippen LogP contribution in [0.1, 0.15) is 55.7 Å². The highest BCUT2D eigenvalue weighted by atomic mass is 32.1. The van der Waals surface area contributed by atoms with Gasteiger partial charge >= 0.3 is 5.97 Å². The van der Waals surface area contributed by atoms with E-state index < -0.39 is 5.60 Å². The third-order valence-corrected chi connectivity index (χ3v) is 3.79. The number of hydrogen-bond acceptors (Lipinski definition) is 5. The van der Waals surface area contributed by atoms with Crippen LogP contribution in [0, 0.1) is 13.8 Å². The van der Waals surface area contributed by atoms with Gasteiger partial charge in [-0.2, -0.15) is 0 Å². The van der Waals surface area contributed by atoms with Crippen LogP contribution in [0.3, 0.4) is 0 Å². The van der Waals surface area contributed by atoms with Crippen LogP contribution in [-0.4, -0.2) is 23.1 Å². The Bertz CT molecular complexity index is 435. The van der Waals surface area contributed by atoms with E-state index in [1.807, 2.05) is 34.6 Å². The van der Waals surface area contributed by atoms with Crippen LogP contribution in [0.5, 0.6) is 0 Å². The first-order valence-electron chi connectivity index (χ1n) is 6.58. The molecule has 19 heavy (non-hydrogen) atoms. The summed E-state index contributed by atoms with van der Waals surface area (Å²) in [4.78, 5) is 17.2. The van der Waals surface area contributed by atoms with Crippen molar-refractivity contribution in [1.82, 2.24) is 10.3 Å². The van der Waals surface area contributed by atoms with Crippen molar-refractivity contribution in [2.24, 2.45) is 0 Å². The second kappa shape index (κ2) is 6.48. The van der Waals surface area contributed by atoms with Crippen LogP contribution < -0.4 is 5.32 Å². The van der Waals surface area contributed by atoms with E-state index in [-0.39, 0.29) is 12.0 Å². The lowest BCUT2D eigenvalue weighted by atomic mass is 10.2. The van der Waals surface area contributed by atoms with Gasteiger partial charge in [-0.05, 0) is 41.5 Å². The Labute approximate surface area is 119 Å². The highest BCUT2D eigenvalue weighted by Gasteiger charge is 2.17. The molecular formula is C14H24N2O2S. The fourth-order valence-electron chi connectivity index (χ4n) is 1.82. The zero-order valence-electron chi connectivity index (χ0n) is 12.7. The molecule has 0 radical (unpaired) electrons. The molecule has 0 fully saturated rings. The molecular weight excluding hydrogens is 260 g/mol. The summed E-state index contributed by atoms with van der Waals surface area (Å²) in [6.07, 6.45) is 0.387. The molecule has 0 bridgehead atoms. The van der Waals surface area contributed by atoms with Crippen molar-refractivity contribution in [3.63, 3.8) is 0 Å². The maximum atomic E-state index is 11.6. The molecule has 1 atom stereocenters. The highest BCUT2D eigenvalue weighted by Crippen LogP contribution is 2.24. The van der Waals surface area contributed by atoms with Gasteiger partial charge in [0.2, 0.25) is 0 Å². The maximum Gasteiger partial charge on any atom is 0.307 e. The lowest BCUT2D eigenvalue weighted by Crippen LogP contribution is -2.27. The summed E-state index contributed by atoms with van der Waals surface area (Å²) in [7, 11) is 0. The number of hydrogen-bond donors (Lipinski definition) is 1. The second-order valence-corrected chi connectivity index (χ2v) is 6.93. The van der Waals surface area contributed by atoms with Crippen LogP contribution in [0.2, 0.25) is 0 Å². The number of aromatic nitrogens is 1. The minimum absolute atomic E-state index is 0.163. The van der Waals surface area contributed by atoms with Gasteiger partial charge in [0.1, 0.15) is 5.60 Å². The summed E-state index contributed by atoms with van der Waals surface area (Å²) < 4.78 is 5.26. The monoisotopic (exact) mass is 284 g/mol. The lowest BCUT2D eigenvalue weighted by Gasteiger charge is -2.20. The molecule has 1 aromatic rings. The molecule has 0 saturated heterocycles. The smallest absolute Gasteiger partial charge is 0.307 e. The average Bonchev–Trinajstić information content (AvgIpc) is 2.55. The Hall–Kier alpha value is -0.940. The van der Waals surface area contributed by atoms with Crippen LogP contribution in [0.4, 0.5) is 0 Å². The molecule has 0 aromatic carbocycles. The first-order chi connectivity index (χ1) is 8.69. The minimum Gasteiger partial charge on any atom is -0.460 e. The highest BCUT2D eigenvalue weighted by molar-refractivity contribution is 7.11. The average molecular weight is 284 g/mol. The summed E-state index contributed by atoms with van der Waals surface area (Å²) in [5.41, 5.74) is 0.661. The Morgan fingerprint density at radius 2 is 2.05 bits per heavy atom. The summed E-state index contributed by atoms with van der Waals surface area (Å²) in [5, 5.41) is 4.42. The van der Waals surface area contributed by atoms with Crippen molar-refractivity contribution in [3.8, 4) is 0 Å². The molecule has 1 rings (SSSR count). The van der Waals surface area contributed by atoms with E-state index >= 15 is 0 Å². The van der Waals surface area contributed by atoms with Gasteiger partial charge < -0.3 is 10.1 Å². The minimum atomic E-state index is -0.409. The van der Waals surface area contributed by atoms with E-state index in [2.05, 4.69) is 17.2 Å². The largest absolute Gasteiger partial charge is 0.460 e. The molecule has 1 heterocycles. The first-order valence-corrected chi connectivity index (χ1v) is 7.40. The van der Waals surface area contributed by atoms with E-state index in [1.54, 1.807) is 11.3 Å². The molecule has 0 amide bonds. The van der Waals surface area contributed by atoms with E-state index in [1.165, 1.54) is 4.88 Å². The SMILES string of the molecule is Cc1nc(C)c(C(C)NCCC(=O)OC(C)(C)C)s1. The maximum absolute atomic E-state index is 11.6. The van der Waals surface area contributed by atoms with Crippen molar-refractivity contribution in [1.29, 1.82) is 0 Å². The summed E-state index contributed by atoms with van der Waals surface area (Å²) in [5.74, 6) is -0.163. The topological polar surface area (TPSA) is 51.2 Å². The number of rotatable bonds is 5. The van der Waals surface area contributed by atoms with E-state index in [9.17, 15) is 4.79 Å². The zero-order valence-corrected chi connectivity index (χ0v) is 13.5. The normalized spacial score (nSPS) is 13.4. The first kappa shape index (κ1) is 16.1. The standard InChI is InChI=1S/C14H24N2O2S/c1-9(13-10(2)16-11(3)19-13)15-8-7-12(17)18-14(4,5)6/h9,15H,7-8H2,1-6H3. The van der Waals surface area contributed by atoms with Crippen molar-refractivity contribution in [2.75, 3.05) is 6.54 Å². The fourth-order valence-corrected chi connectivity index (χ4v) is 2.78. The number of esters is 1. The molecule has 5 heteroatoms. The van der Waals surface area contributed by atoms with Crippen molar-refractivity contribution in [3.05, 3.63) is 15.6 Å². The summed E-state index contributed by atoms with van der Waals surface area (Å²) >= 11 is 1.70. The Kier molecular flexibility index (Phi) is 5.50.